The summed E-state index contributed by atoms with van der Waals surface area (Å²) in [5.74, 6) is 1.03. The predicted molar refractivity (Wildman–Crippen MR) is 120 cm³/mol. The summed E-state index contributed by atoms with van der Waals surface area (Å²) in [5.41, 5.74) is 5.36. The monoisotopic (exact) mass is 439 g/mol. The molecule has 1 amide bonds. The zero-order valence-corrected chi connectivity index (χ0v) is 18.8. The first-order valence-electron chi connectivity index (χ1n) is 10.4. The summed E-state index contributed by atoms with van der Waals surface area (Å²) in [5, 5.41) is 8.06. The van der Waals surface area contributed by atoms with Gasteiger partial charge in [0.25, 0.3) is 5.91 Å². The number of benzene rings is 2. The fourth-order valence-electron chi connectivity index (χ4n) is 3.70. The highest BCUT2D eigenvalue weighted by molar-refractivity contribution is 6.32. The molecular formula is C24H26ClN3O3. The van der Waals surface area contributed by atoms with Crippen molar-refractivity contribution < 1.29 is 14.3 Å². The van der Waals surface area contributed by atoms with Crippen LogP contribution in [0.15, 0.2) is 36.4 Å². The van der Waals surface area contributed by atoms with Gasteiger partial charge >= 0.3 is 0 Å². The van der Waals surface area contributed by atoms with Crippen LogP contribution in [0.5, 0.6) is 11.5 Å². The lowest BCUT2D eigenvalue weighted by Gasteiger charge is -2.12. The second-order valence-corrected chi connectivity index (χ2v) is 8.23. The fraction of sp³-hybridized carbons (Fsp3) is 0.333. The summed E-state index contributed by atoms with van der Waals surface area (Å²) in [6.45, 7) is 7.96. The molecule has 1 aliphatic heterocycles. The molecule has 0 aliphatic carbocycles. The minimum Gasteiger partial charge on any atom is -0.489 e. The van der Waals surface area contributed by atoms with Gasteiger partial charge in [0.05, 0.1) is 36.0 Å². The second-order valence-electron chi connectivity index (χ2n) is 7.83. The van der Waals surface area contributed by atoms with Gasteiger partial charge < -0.3 is 14.8 Å². The van der Waals surface area contributed by atoms with E-state index in [1.54, 1.807) is 6.07 Å². The number of halogens is 1. The number of hydrogen-bond acceptors (Lipinski definition) is 4. The number of carbonyl (C=O) groups excluding carboxylic acids is 1. The molecule has 6 nitrogen and oxygen atoms in total. The van der Waals surface area contributed by atoms with Crippen LogP contribution in [-0.2, 0) is 13.1 Å². The van der Waals surface area contributed by atoms with Crippen molar-refractivity contribution in [3.8, 4) is 11.5 Å². The first-order valence-corrected chi connectivity index (χ1v) is 10.8. The molecule has 0 bridgehead atoms. The Bertz CT molecular complexity index is 1110. The minimum atomic E-state index is -0.159. The smallest absolute Gasteiger partial charge is 0.255 e. The van der Waals surface area contributed by atoms with Gasteiger partial charge in [-0.15, -0.1) is 0 Å². The molecule has 0 fully saturated rings. The highest BCUT2D eigenvalue weighted by atomic mass is 35.5. The van der Waals surface area contributed by atoms with Crippen molar-refractivity contribution in [3.63, 3.8) is 0 Å². The number of amides is 1. The highest BCUT2D eigenvalue weighted by Gasteiger charge is 2.20. The Morgan fingerprint density at radius 2 is 1.84 bits per heavy atom. The van der Waals surface area contributed by atoms with Gasteiger partial charge in [0.15, 0.2) is 11.5 Å². The summed E-state index contributed by atoms with van der Waals surface area (Å²) in [7, 11) is 0. The second kappa shape index (κ2) is 9.02. The van der Waals surface area contributed by atoms with Gasteiger partial charge in [0, 0.05) is 18.7 Å². The molecule has 0 spiro atoms. The Balaban J connectivity index is 1.48. The Morgan fingerprint density at radius 3 is 2.61 bits per heavy atom. The first kappa shape index (κ1) is 21.2. The van der Waals surface area contributed by atoms with E-state index in [1.165, 1.54) is 5.56 Å². The van der Waals surface area contributed by atoms with Crippen LogP contribution in [0.25, 0.3) is 0 Å². The lowest BCUT2D eigenvalue weighted by molar-refractivity contribution is 0.0949. The lowest BCUT2D eigenvalue weighted by atomic mass is 10.1. The molecule has 31 heavy (non-hydrogen) atoms. The van der Waals surface area contributed by atoms with Gasteiger partial charge in [-0.3, -0.25) is 9.48 Å². The third kappa shape index (κ3) is 4.69. The average molecular weight is 440 g/mol. The minimum absolute atomic E-state index is 0.159. The topological polar surface area (TPSA) is 65.4 Å². The first-order chi connectivity index (χ1) is 14.9. The summed E-state index contributed by atoms with van der Waals surface area (Å²) in [6, 6.07) is 12.0. The molecule has 2 heterocycles. The van der Waals surface area contributed by atoms with Crippen molar-refractivity contribution in [1.29, 1.82) is 0 Å². The molecule has 0 atom stereocenters. The average Bonchev–Trinajstić information content (AvgIpc) is 2.90. The number of hydrogen-bond donors (Lipinski definition) is 1. The lowest BCUT2D eigenvalue weighted by Crippen LogP contribution is -2.24. The van der Waals surface area contributed by atoms with Gasteiger partial charge in [0.2, 0.25) is 0 Å². The Kier molecular flexibility index (Phi) is 6.18. The molecule has 3 aromatic rings. The van der Waals surface area contributed by atoms with Crippen LogP contribution in [0.2, 0.25) is 5.02 Å². The van der Waals surface area contributed by atoms with Crippen LogP contribution < -0.4 is 14.8 Å². The van der Waals surface area contributed by atoms with Gasteiger partial charge in [0.1, 0.15) is 0 Å². The molecule has 162 valence electrons. The van der Waals surface area contributed by atoms with Crippen molar-refractivity contribution in [3.05, 3.63) is 75.1 Å². The van der Waals surface area contributed by atoms with Crippen LogP contribution in [0.1, 0.15) is 44.9 Å². The van der Waals surface area contributed by atoms with E-state index in [-0.39, 0.29) is 5.91 Å². The van der Waals surface area contributed by atoms with Crippen molar-refractivity contribution in [2.45, 2.75) is 40.3 Å². The number of aromatic nitrogens is 2. The van der Waals surface area contributed by atoms with Crippen molar-refractivity contribution >= 4 is 17.5 Å². The van der Waals surface area contributed by atoms with Crippen LogP contribution >= 0.6 is 11.6 Å². The van der Waals surface area contributed by atoms with Crippen molar-refractivity contribution in [1.82, 2.24) is 15.1 Å². The number of ether oxygens (including phenoxy) is 2. The maximum absolute atomic E-state index is 12.9. The number of nitrogens with one attached hydrogen (secondary N) is 1. The molecule has 1 N–H and O–H groups in total. The standard InChI is InChI=1S/C24H26ClN3O3/c1-15-5-7-18(8-6-15)14-28-17(3)22(16(2)27-28)24(29)26-13-19-11-20(25)23-21(12-19)30-9-4-10-31-23/h5-8,11-12H,4,9-10,13-14H2,1-3H3,(H,26,29). The van der Waals surface area contributed by atoms with E-state index in [1.807, 2.05) is 24.6 Å². The van der Waals surface area contributed by atoms with Crippen molar-refractivity contribution in [2.24, 2.45) is 0 Å². The number of rotatable bonds is 5. The highest BCUT2D eigenvalue weighted by Crippen LogP contribution is 2.38. The molecule has 4 rings (SSSR count). The molecule has 2 aromatic carbocycles. The zero-order chi connectivity index (χ0) is 22.0. The summed E-state index contributed by atoms with van der Waals surface area (Å²) < 4.78 is 13.3. The quantitative estimate of drug-likeness (QED) is 0.630. The number of fused-ring (bicyclic) bond motifs is 1. The van der Waals surface area contributed by atoms with E-state index >= 15 is 0 Å². The van der Waals surface area contributed by atoms with Crippen LogP contribution in [0.4, 0.5) is 0 Å². The van der Waals surface area contributed by atoms with Crippen LogP contribution in [-0.4, -0.2) is 28.9 Å². The Hall–Kier alpha value is -2.99. The molecule has 1 aliphatic rings. The van der Waals surface area contributed by atoms with E-state index in [2.05, 4.69) is 41.6 Å². The summed E-state index contributed by atoms with van der Waals surface area (Å²) in [4.78, 5) is 12.9. The molecule has 0 radical (unpaired) electrons. The largest absolute Gasteiger partial charge is 0.489 e. The maximum Gasteiger partial charge on any atom is 0.255 e. The predicted octanol–water partition coefficient (Wildman–Crippen LogP) is 4.60. The molecule has 1 aromatic heterocycles. The molecule has 0 unspecified atom stereocenters. The van der Waals surface area contributed by atoms with E-state index < -0.39 is 0 Å². The molecule has 0 saturated heterocycles. The fourth-order valence-corrected chi connectivity index (χ4v) is 3.99. The van der Waals surface area contributed by atoms with Gasteiger partial charge in [-0.25, -0.2) is 0 Å². The van der Waals surface area contributed by atoms with E-state index in [9.17, 15) is 4.79 Å². The third-order valence-corrected chi connectivity index (χ3v) is 5.66. The van der Waals surface area contributed by atoms with Crippen molar-refractivity contribution in [2.75, 3.05) is 13.2 Å². The van der Waals surface area contributed by atoms with E-state index in [4.69, 9.17) is 21.1 Å². The van der Waals surface area contributed by atoms with Gasteiger partial charge in [-0.2, -0.15) is 5.10 Å². The zero-order valence-electron chi connectivity index (χ0n) is 18.0. The van der Waals surface area contributed by atoms with Crippen LogP contribution in [0.3, 0.4) is 0 Å². The SMILES string of the molecule is Cc1ccc(Cn2nc(C)c(C(=O)NCc3cc(Cl)c4c(c3)OCCCO4)c2C)cc1. The number of carbonyl (C=O) groups is 1. The third-order valence-electron chi connectivity index (χ3n) is 5.38. The van der Waals surface area contributed by atoms with Gasteiger partial charge in [-0.05, 0) is 44.0 Å². The Morgan fingerprint density at radius 1 is 1.10 bits per heavy atom. The summed E-state index contributed by atoms with van der Waals surface area (Å²) in [6.07, 6.45) is 0.808. The number of aryl methyl sites for hydroxylation is 2. The molecule has 7 heteroatoms. The van der Waals surface area contributed by atoms with E-state index in [0.29, 0.717) is 54.1 Å². The summed E-state index contributed by atoms with van der Waals surface area (Å²) >= 11 is 6.36. The van der Waals surface area contributed by atoms with E-state index in [0.717, 1.165) is 23.2 Å². The maximum atomic E-state index is 12.9. The normalized spacial score (nSPS) is 13.0. The molecule has 0 saturated carbocycles. The Labute approximate surface area is 187 Å². The van der Waals surface area contributed by atoms with Crippen LogP contribution in [0, 0.1) is 20.8 Å². The molecular weight excluding hydrogens is 414 g/mol. The van der Waals surface area contributed by atoms with Gasteiger partial charge in [-0.1, -0.05) is 41.4 Å². The number of nitrogens with zero attached hydrogens (tertiary/aromatic N) is 2.